The molecule has 7 heteroatoms. The summed E-state index contributed by atoms with van der Waals surface area (Å²) in [5.41, 5.74) is 1.63. The summed E-state index contributed by atoms with van der Waals surface area (Å²) >= 11 is 5.77. The predicted molar refractivity (Wildman–Crippen MR) is 98.2 cm³/mol. The van der Waals surface area contributed by atoms with Crippen LogP contribution < -0.4 is 14.2 Å². The third-order valence-corrected chi connectivity index (χ3v) is 3.96. The molecule has 1 aromatic carbocycles. The monoisotopic (exact) mass is 377 g/mol. The first-order chi connectivity index (χ1) is 12.6. The normalized spacial score (nSPS) is 10.7. The lowest BCUT2D eigenvalue weighted by molar-refractivity contribution is -0.615. The molecule has 138 valence electrons. The minimum atomic E-state index is -0.564. The number of carbonyl (C=O) groups excluding carboxylic acids is 1. The molecule has 0 saturated carbocycles. The summed E-state index contributed by atoms with van der Waals surface area (Å²) in [5.74, 6) is 0.635. The van der Waals surface area contributed by atoms with Gasteiger partial charge in [0.25, 0.3) is 5.69 Å². The van der Waals surface area contributed by atoms with Crippen LogP contribution in [0.1, 0.15) is 17.0 Å². The van der Waals surface area contributed by atoms with Gasteiger partial charge < -0.3 is 19.4 Å². The van der Waals surface area contributed by atoms with Gasteiger partial charge in [-0.2, -0.15) is 4.73 Å². The highest BCUT2D eigenvalue weighted by molar-refractivity contribution is 6.16. The molecular formula is C19H20ClNO5. The molecule has 26 heavy (non-hydrogen) atoms. The summed E-state index contributed by atoms with van der Waals surface area (Å²) in [5, 5.41) is 12.4. The van der Waals surface area contributed by atoms with Crippen molar-refractivity contribution in [2.75, 3.05) is 20.8 Å². The minimum absolute atomic E-state index is 0.0503. The van der Waals surface area contributed by atoms with Crippen LogP contribution in [0.2, 0.25) is 0 Å². The van der Waals surface area contributed by atoms with Gasteiger partial charge in [-0.15, -0.1) is 11.6 Å². The number of hydrogen-bond acceptors (Lipinski definition) is 5. The maximum atomic E-state index is 12.4. The zero-order valence-electron chi connectivity index (χ0n) is 14.6. The highest BCUT2D eigenvalue weighted by atomic mass is 35.5. The zero-order valence-corrected chi connectivity index (χ0v) is 15.4. The molecule has 2 rings (SSSR count). The highest BCUT2D eigenvalue weighted by Crippen LogP contribution is 2.19. The predicted octanol–water partition coefficient (Wildman–Crippen LogP) is 2.88. The van der Waals surface area contributed by atoms with Crippen molar-refractivity contribution in [3.05, 3.63) is 64.6 Å². The van der Waals surface area contributed by atoms with Gasteiger partial charge in [-0.1, -0.05) is 12.1 Å². The lowest BCUT2D eigenvalue weighted by Gasteiger charge is -2.11. The molecule has 1 aromatic heterocycles. The molecule has 0 radical (unpaired) electrons. The van der Waals surface area contributed by atoms with Crippen LogP contribution in [0.25, 0.3) is 6.08 Å². The third kappa shape index (κ3) is 5.13. The number of methoxy groups -OCH3 is 2. The number of aromatic nitrogens is 1. The molecule has 1 heterocycles. The second kappa shape index (κ2) is 9.68. The molecule has 0 atom stereocenters. The van der Waals surface area contributed by atoms with Crippen LogP contribution in [-0.4, -0.2) is 26.8 Å². The Hall–Kier alpha value is -2.73. The van der Waals surface area contributed by atoms with Gasteiger partial charge in [0.1, 0.15) is 11.6 Å². The van der Waals surface area contributed by atoms with Gasteiger partial charge in [0.15, 0.2) is 5.75 Å². The lowest BCUT2D eigenvalue weighted by atomic mass is 10.1. The smallest absolute Gasteiger partial charge is 0.330 e. The van der Waals surface area contributed by atoms with E-state index in [0.717, 1.165) is 17.4 Å². The number of benzene rings is 1. The average Bonchev–Trinajstić information content (AvgIpc) is 2.67. The number of hydrogen-bond donors (Lipinski definition) is 0. The number of halogens is 1. The van der Waals surface area contributed by atoms with E-state index in [-0.39, 0.29) is 11.6 Å². The van der Waals surface area contributed by atoms with E-state index in [1.54, 1.807) is 19.2 Å². The van der Waals surface area contributed by atoms with Gasteiger partial charge in [0, 0.05) is 24.6 Å². The van der Waals surface area contributed by atoms with Gasteiger partial charge in [0.2, 0.25) is 5.69 Å². The van der Waals surface area contributed by atoms with Crippen molar-refractivity contribution < 1.29 is 23.7 Å². The minimum Gasteiger partial charge on any atom is -0.618 e. The van der Waals surface area contributed by atoms with Gasteiger partial charge in [-0.05, 0) is 23.8 Å². The van der Waals surface area contributed by atoms with Crippen LogP contribution in [0.15, 0.2) is 42.5 Å². The molecule has 0 unspecified atom stereocenters. The van der Waals surface area contributed by atoms with E-state index in [1.165, 1.54) is 13.2 Å². The summed E-state index contributed by atoms with van der Waals surface area (Å²) in [6, 6.07) is 10.9. The van der Waals surface area contributed by atoms with Crippen molar-refractivity contribution in [1.82, 2.24) is 0 Å². The van der Waals surface area contributed by atoms with Crippen LogP contribution in [0.4, 0.5) is 0 Å². The van der Waals surface area contributed by atoms with E-state index in [4.69, 9.17) is 21.1 Å². The van der Waals surface area contributed by atoms with Crippen LogP contribution in [-0.2, 0) is 21.8 Å². The Morgan fingerprint density at radius 3 is 2.54 bits per heavy atom. The molecule has 0 amide bonds. The lowest BCUT2D eigenvalue weighted by Crippen LogP contribution is -2.35. The van der Waals surface area contributed by atoms with Crippen molar-refractivity contribution >= 4 is 23.6 Å². The maximum absolute atomic E-state index is 12.4. The van der Waals surface area contributed by atoms with E-state index in [2.05, 4.69) is 4.74 Å². The number of nitrogens with zero attached hydrogens (tertiary/aromatic N) is 1. The van der Waals surface area contributed by atoms with E-state index in [0.29, 0.717) is 29.2 Å². The molecular weight excluding hydrogens is 358 g/mol. The number of carbonyl (C=O) groups is 1. The Bertz CT molecular complexity index is 774. The van der Waals surface area contributed by atoms with Crippen molar-refractivity contribution in [1.29, 1.82) is 0 Å². The Morgan fingerprint density at radius 2 is 1.92 bits per heavy atom. The van der Waals surface area contributed by atoms with Gasteiger partial charge >= 0.3 is 5.97 Å². The fourth-order valence-corrected chi connectivity index (χ4v) is 2.43. The summed E-state index contributed by atoms with van der Waals surface area (Å²) < 4.78 is 16.1. The van der Waals surface area contributed by atoms with E-state index < -0.39 is 5.97 Å². The van der Waals surface area contributed by atoms with Gasteiger partial charge in [-0.25, -0.2) is 4.79 Å². The second-order valence-electron chi connectivity index (χ2n) is 5.31. The van der Waals surface area contributed by atoms with Crippen LogP contribution in [0.5, 0.6) is 11.5 Å². The molecule has 0 aliphatic carbocycles. The van der Waals surface area contributed by atoms with Crippen LogP contribution >= 0.6 is 11.6 Å². The SMILES string of the molecule is COC(=O)/C=C/c1c(OCCc2ccc(OC)cc2)ccc(CCl)[n+]1[O-]. The number of ether oxygens (including phenoxy) is 3. The van der Waals surface area contributed by atoms with Crippen molar-refractivity contribution in [3.63, 3.8) is 0 Å². The van der Waals surface area contributed by atoms with Gasteiger partial charge in [0.05, 0.1) is 20.8 Å². The fourth-order valence-electron chi connectivity index (χ4n) is 2.24. The number of pyridine rings is 1. The molecule has 0 saturated heterocycles. The summed E-state index contributed by atoms with van der Waals surface area (Å²) in [6.45, 7) is 0.367. The Balaban J connectivity index is 2.12. The summed E-state index contributed by atoms with van der Waals surface area (Å²) in [6.07, 6.45) is 3.18. The first-order valence-corrected chi connectivity index (χ1v) is 8.45. The van der Waals surface area contributed by atoms with Gasteiger partial charge in [-0.3, -0.25) is 0 Å². The van der Waals surface area contributed by atoms with Crippen molar-refractivity contribution in [2.45, 2.75) is 12.3 Å². The van der Waals surface area contributed by atoms with Crippen molar-refractivity contribution in [2.24, 2.45) is 0 Å². The second-order valence-corrected chi connectivity index (χ2v) is 5.57. The average molecular weight is 378 g/mol. The zero-order chi connectivity index (χ0) is 18.9. The standard InChI is InChI=1S/C19H20ClNO5/c1-24-16-6-3-14(4-7-16)11-12-26-18-9-5-15(13-20)21(23)17(18)8-10-19(22)25-2/h3-10H,11-13H2,1-2H3/b10-8+. The Morgan fingerprint density at radius 1 is 1.19 bits per heavy atom. The first-order valence-electron chi connectivity index (χ1n) is 7.92. The fraction of sp³-hybridized carbons (Fsp3) is 0.263. The highest BCUT2D eigenvalue weighted by Gasteiger charge is 2.16. The van der Waals surface area contributed by atoms with Crippen LogP contribution in [0, 0.1) is 5.21 Å². The molecule has 0 aliphatic rings. The molecule has 0 spiro atoms. The van der Waals surface area contributed by atoms with E-state index >= 15 is 0 Å². The molecule has 0 fully saturated rings. The Kier molecular flexibility index (Phi) is 7.29. The molecule has 2 aromatic rings. The first kappa shape index (κ1) is 19.6. The summed E-state index contributed by atoms with van der Waals surface area (Å²) in [7, 11) is 2.88. The van der Waals surface area contributed by atoms with E-state index in [1.807, 2.05) is 24.3 Å². The quantitative estimate of drug-likeness (QED) is 0.232. The maximum Gasteiger partial charge on any atom is 0.330 e. The van der Waals surface area contributed by atoms with E-state index in [9.17, 15) is 10.0 Å². The Labute approximate surface area is 157 Å². The largest absolute Gasteiger partial charge is 0.618 e. The number of rotatable bonds is 8. The molecule has 0 bridgehead atoms. The van der Waals surface area contributed by atoms with Crippen molar-refractivity contribution in [3.8, 4) is 11.5 Å². The molecule has 6 nitrogen and oxygen atoms in total. The number of alkyl halides is 1. The van der Waals surface area contributed by atoms with Crippen LogP contribution in [0.3, 0.4) is 0 Å². The topological polar surface area (TPSA) is 71.7 Å². The summed E-state index contributed by atoms with van der Waals surface area (Å²) in [4.78, 5) is 11.3. The molecule has 0 aliphatic heterocycles. The third-order valence-electron chi connectivity index (χ3n) is 3.68. The number of esters is 1. The molecule has 0 N–H and O–H groups in total.